The number of hydrogen-bond donors (Lipinski definition) is 7. The van der Waals surface area contributed by atoms with Gasteiger partial charge in [-0.05, 0) is 0 Å². The summed E-state index contributed by atoms with van der Waals surface area (Å²) in [4.78, 5) is 0. The summed E-state index contributed by atoms with van der Waals surface area (Å²) in [5.41, 5.74) is 0. The first-order valence-electron chi connectivity index (χ1n) is 7.01. The van der Waals surface area contributed by atoms with E-state index in [1.807, 2.05) is 22.6 Å². The van der Waals surface area contributed by atoms with E-state index in [1.165, 1.54) is 0 Å². The van der Waals surface area contributed by atoms with Gasteiger partial charge < -0.3 is 50.0 Å². The van der Waals surface area contributed by atoms with E-state index in [0.29, 0.717) is 0 Å². The highest BCUT2D eigenvalue weighted by Crippen LogP contribution is 2.38. The van der Waals surface area contributed by atoms with Gasteiger partial charge in [-0.25, -0.2) is 0 Å². The van der Waals surface area contributed by atoms with Gasteiger partial charge in [0.05, 0.1) is 23.2 Å². The molecule has 2 fully saturated rings. The monoisotopic (exact) mass is 452 g/mol. The minimum atomic E-state index is -1.98. The van der Waals surface area contributed by atoms with Crippen LogP contribution in [0, 0.1) is 0 Å². The first-order valence-corrected chi connectivity index (χ1v) is 8.26. The molecule has 10 nitrogen and oxygen atoms in total. The highest BCUT2D eigenvalue weighted by atomic mass is 127. The summed E-state index contributed by atoms with van der Waals surface area (Å²) < 4.78 is 15.3. The number of halogens is 1. The van der Waals surface area contributed by atoms with Gasteiger partial charge in [-0.2, -0.15) is 0 Å². The lowest BCUT2D eigenvalue weighted by Crippen LogP contribution is -2.62. The number of alkyl halides is 1. The molecule has 0 aromatic rings. The van der Waals surface area contributed by atoms with Crippen molar-refractivity contribution in [3.63, 3.8) is 0 Å². The Bertz CT molecular complexity index is 398. The third kappa shape index (κ3) is 3.50. The maximum absolute atomic E-state index is 10.2. The molecule has 7 N–H and O–H groups in total. The number of aliphatic hydroxyl groups excluding tert-OH is 7. The Kier molecular flexibility index (Phi) is 6.58. The van der Waals surface area contributed by atoms with Crippen LogP contribution in [0.25, 0.3) is 0 Å². The molecule has 2 aliphatic rings. The lowest BCUT2D eigenvalue weighted by Gasteiger charge is -2.43. The minimum Gasteiger partial charge on any atom is -0.394 e. The van der Waals surface area contributed by atoms with Crippen LogP contribution in [0.5, 0.6) is 0 Å². The summed E-state index contributed by atoms with van der Waals surface area (Å²) in [5, 5.41) is 67.6. The summed E-state index contributed by atoms with van der Waals surface area (Å²) in [6.07, 6.45) is -9.86. The molecule has 4 unspecified atom stereocenters. The summed E-state index contributed by atoms with van der Waals surface area (Å²) >= 11 is 1.83. The van der Waals surface area contributed by atoms with Crippen molar-refractivity contribution in [2.24, 2.45) is 0 Å². The molecule has 23 heavy (non-hydrogen) atoms. The predicted octanol–water partition coefficient (Wildman–Crippen LogP) is -3.95. The van der Waals surface area contributed by atoms with E-state index in [9.17, 15) is 30.6 Å². The van der Waals surface area contributed by atoms with Gasteiger partial charge in [-0.3, -0.25) is 0 Å². The molecule has 0 aromatic carbocycles. The molecule has 2 rings (SSSR count). The lowest BCUT2D eigenvalue weighted by atomic mass is 9.99. The van der Waals surface area contributed by atoms with E-state index < -0.39 is 72.4 Å². The molecule has 136 valence electrons. The van der Waals surface area contributed by atoms with Gasteiger partial charge in [0.25, 0.3) is 0 Å². The largest absolute Gasteiger partial charge is 0.394 e. The highest BCUT2D eigenvalue weighted by molar-refractivity contribution is 14.1. The van der Waals surface area contributed by atoms with Gasteiger partial charge in [0.1, 0.15) is 37.1 Å². The fourth-order valence-electron chi connectivity index (χ4n) is 2.60. The van der Waals surface area contributed by atoms with Crippen LogP contribution in [0.2, 0.25) is 0 Å². The van der Waals surface area contributed by atoms with E-state index >= 15 is 0 Å². The van der Waals surface area contributed by atoms with Gasteiger partial charge in [0.15, 0.2) is 6.29 Å². The average molecular weight is 452 g/mol. The van der Waals surface area contributed by atoms with E-state index in [0.717, 1.165) is 0 Å². The third-order valence-electron chi connectivity index (χ3n) is 4.02. The van der Waals surface area contributed by atoms with Crippen LogP contribution in [-0.4, -0.2) is 108 Å². The first kappa shape index (κ1) is 19.7. The molecule has 0 aromatic heterocycles. The quantitative estimate of drug-likeness (QED) is 0.162. The smallest absolute Gasteiger partial charge is 0.222 e. The molecule has 11 heteroatoms. The van der Waals surface area contributed by atoms with Crippen molar-refractivity contribution < 1.29 is 50.0 Å². The SMILES string of the molecule is OCC1O[C@H](O[C@@]2(CO)O[C@H](CO)C(I)C2O)C(O)[C@@H](O)[C@@H]1O. The summed E-state index contributed by atoms with van der Waals surface area (Å²) in [6.45, 7) is -1.88. The Hall–Kier alpha value is 0.330. The van der Waals surface area contributed by atoms with Gasteiger partial charge in [-0.1, -0.05) is 22.6 Å². The zero-order chi connectivity index (χ0) is 17.4. The Morgan fingerprint density at radius 2 is 1.52 bits per heavy atom. The van der Waals surface area contributed by atoms with E-state index in [-0.39, 0.29) is 0 Å². The molecule has 0 saturated carbocycles. The first-order chi connectivity index (χ1) is 10.8. The predicted molar refractivity (Wildman–Crippen MR) is 80.4 cm³/mol. The highest BCUT2D eigenvalue weighted by Gasteiger charge is 2.57. The third-order valence-corrected chi connectivity index (χ3v) is 5.51. The minimum absolute atomic E-state index is 0.426. The second kappa shape index (κ2) is 7.70. The Labute approximate surface area is 145 Å². The van der Waals surface area contributed by atoms with E-state index in [4.69, 9.17) is 19.3 Å². The fraction of sp³-hybridized carbons (Fsp3) is 1.00. The summed E-state index contributed by atoms with van der Waals surface area (Å²) in [6, 6.07) is 0. The standard InChI is InChI=1S/C12H21IO10/c13-6-4(1-14)22-12(3-16,10(6)20)23-11-9(19)8(18)7(17)5(2-15)21-11/h4-11,14-20H,1-3H2/t4-,5?,6?,7-,8+,9?,10?,11-,12-/m1/s1. The molecule has 0 spiro atoms. The summed E-state index contributed by atoms with van der Waals surface area (Å²) in [7, 11) is 0. The van der Waals surface area contributed by atoms with Crippen molar-refractivity contribution in [2.75, 3.05) is 19.8 Å². The molecule has 2 saturated heterocycles. The van der Waals surface area contributed by atoms with Crippen molar-refractivity contribution in [1.29, 1.82) is 0 Å². The normalized spacial score (nSPS) is 51.1. The van der Waals surface area contributed by atoms with Crippen LogP contribution >= 0.6 is 22.6 Å². The molecule has 0 aliphatic carbocycles. The van der Waals surface area contributed by atoms with Gasteiger partial charge in [-0.15, -0.1) is 0 Å². The zero-order valence-electron chi connectivity index (χ0n) is 12.0. The van der Waals surface area contributed by atoms with E-state index in [2.05, 4.69) is 0 Å². The van der Waals surface area contributed by atoms with Gasteiger partial charge in [0.2, 0.25) is 5.79 Å². The molecule has 0 bridgehead atoms. The maximum Gasteiger partial charge on any atom is 0.222 e. The molecular formula is C12H21IO10. The topological polar surface area (TPSA) is 169 Å². The second-order valence-electron chi connectivity index (χ2n) is 5.51. The molecule has 2 aliphatic heterocycles. The van der Waals surface area contributed by atoms with Crippen molar-refractivity contribution in [2.45, 2.75) is 52.6 Å². The summed E-state index contributed by atoms with van der Waals surface area (Å²) in [5.74, 6) is -1.98. The van der Waals surface area contributed by atoms with Crippen LogP contribution < -0.4 is 0 Å². The number of aliphatic hydroxyl groups is 7. The van der Waals surface area contributed by atoms with Crippen molar-refractivity contribution in [3.8, 4) is 0 Å². The van der Waals surface area contributed by atoms with Crippen LogP contribution in [0.1, 0.15) is 0 Å². The Balaban J connectivity index is 2.18. The average Bonchev–Trinajstić information content (AvgIpc) is 2.80. The van der Waals surface area contributed by atoms with Gasteiger partial charge >= 0.3 is 0 Å². The van der Waals surface area contributed by atoms with E-state index in [1.54, 1.807) is 0 Å². The van der Waals surface area contributed by atoms with Crippen molar-refractivity contribution in [3.05, 3.63) is 0 Å². The molecule has 0 radical (unpaired) electrons. The molecule has 2 heterocycles. The fourth-order valence-corrected chi connectivity index (χ4v) is 3.52. The lowest BCUT2D eigenvalue weighted by molar-refractivity contribution is -0.383. The maximum atomic E-state index is 10.2. The molecule has 9 atom stereocenters. The van der Waals surface area contributed by atoms with Crippen LogP contribution in [-0.2, 0) is 14.2 Å². The molecular weight excluding hydrogens is 431 g/mol. The number of ether oxygens (including phenoxy) is 3. The van der Waals surface area contributed by atoms with Crippen molar-refractivity contribution >= 4 is 22.6 Å². The van der Waals surface area contributed by atoms with Gasteiger partial charge in [0, 0.05) is 0 Å². The van der Waals surface area contributed by atoms with Crippen LogP contribution in [0.4, 0.5) is 0 Å². The number of rotatable bonds is 5. The molecule has 0 amide bonds. The van der Waals surface area contributed by atoms with Crippen LogP contribution in [0.3, 0.4) is 0 Å². The Morgan fingerprint density at radius 1 is 0.913 bits per heavy atom. The second-order valence-corrected chi connectivity index (χ2v) is 6.95. The van der Waals surface area contributed by atoms with Crippen molar-refractivity contribution in [1.82, 2.24) is 0 Å². The number of hydrogen-bond acceptors (Lipinski definition) is 10. The zero-order valence-corrected chi connectivity index (χ0v) is 14.1. The van der Waals surface area contributed by atoms with Crippen LogP contribution in [0.15, 0.2) is 0 Å². The Morgan fingerprint density at radius 3 is 2.00 bits per heavy atom.